The average molecular weight is 402 g/mol. The molecule has 152 valence electrons. The van der Waals surface area contributed by atoms with Crippen molar-refractivity contribution in [3.05, 3.63) is 38.4 Å². The SMILES string of the molecule is Cc1noc(C)c1CN1CCc2c(C(=O)N(CCC(C)C)C3CC3)csc2C1. The summed E-state index contributed by atoms with van der Waals surface area (Å²) < 4.78 is 5.31. The normalized spacial score (nSPS) is 17.2. The topological polar surface area (TPSA) is 49.6 Å². The van der Waals surface area contributed by atoms with Crippen molar-refractivity contribution in [2.45, 2.75) is 72.5 Å². The van der Waals surface area contributed by atoms with E-state index in [4.69, 9.17) is 4.52 Å². The Hall–Kier alpha value is -1.66. The van der Waals surface area contributed by atoms with Crippen LogP contribution in [0, 0.1) is 19.8 Å². The molecule has 0 aromatic carbocycles. The maximum atomic E-state index is 13.3. The summed E-state index contributed by atoms with van der Waals surface area (Å²) in [5, 5.41) is 6.18. The Labute approximate surface area is 171 Å². The van der Waals surface area contributed by atoms with Gasteiger partial charge in [-0.15, -0.1) is 11.3 Å². The highest BCUT2D eigenvalue weighted by atomic mass is 32.1. The molecule has 0 radical (unpaired) electrons. The molecule has 5 nitrogen and oxygen atoms in total. The third-order valence-electron chi connectivity index (χ3n) is 6.02. The molecule has 1 amide bonds. The van der Waals surface area contributed by atoms with E-state index in [0.29, 0.717) is 12.0 Å². The first kappa shape index (κ1) is 19.6. The Bertz CT molecular complexity index is 831. The monoisotopic (exact) mass is 401 g/mol. The van der Waals surface area contributed by atoms with Crippen molar-refractivity contribution in [2.75, 3.05) is 13.1 Å². The minimum Gasteiger partial charge on any atom is -0.361 e. The summed E-state index contributed by atoms with van der Waals surface area (Å²) in [5.41, 5.74) is 4.44. The van der Waals surface area contributed by atoms with Gasteiger partial charge < -0.3 is 9.42 Å². The van der Waals surface area contributed by atoms with Crippen molar-refractivity contribution >= 4 is 17.2 Å². The number of thiophene rings is 1. The highest BCUT2D eigenvalue weighted by Crippen LogP contribution is 2.34. The Morgan fingerprint density at radius 2 is 2.18 bits per heavy atom. The third-order valence-corrected chi connectivity index (χ3v) is 7.03. The highest BCUT2D eigenvalue weighted by Gasteiger charge is 2.35. The number of nitrogens with zero attached hydrogens (tertiary/aromatic N) is 3. The Morgan fingerprint density at radius 3 is 2.82 bits per heavy atom. The molecule has 4 rings (SSSR count). The Morgan fingerprint density at radius 1 is 1.39 bits per heavy atom. The molecule has 0 unspecified atom stereocenters. The van der Waals surface area contributed by atoms with Crippen LogP contribution in [0.3, 0.4) is 0 Å². The first-order valence-electron chi connectivity index (χ1n) is 10.5. The first-order valence-corrected chi connectivity index (χ1v) is 11.4. The van der Waals surface area contributed by atoms with Gasteiger partial charge in [-0.2, -0.15) is 0 Å². The van der Waals surface area contributed by atoms with E-state index < -0.39 is 0 Å². The minimum atomic E-state index is 0.264. The molecule has 2 aliphatic rings. The van der Waals surface area contributed by atoms with Crippen LogP contribution in [0.15, 0.2) is 9.90 Å². The summed E-state index contributed by atoms with van der Waals surface area (Å²) in [7, 11) is 0. The van der Waals surface area contributed by atoms with Gasteiger partial charge in [0, 0.05) is 48.0 Å². The Kier molecular flexibility index (Phi) is 5.61. The molecule has 3 heterocycles. The molecule has 1 aliphatic heterocycles. The molecule has 0 saturated heterocycles. The number of hydrogen-bond acceptors (Lipinski definition) is 5. The quantitative estimate of drug-likeness (QED) is 0.682. The third kappa shape index (κ3) is 4.03. The summed E-state index contributed by atoms with van der Waals surface area (Å²) in [6, 6.07) is 0.474. The molecule has 2 aromatic rings. The number of aryl methyl sites for hydroxylation is 2. The van der Waals surface area contributed by atoms with Gasteiger partial charge in [0.25, 0.3) is 5.91 Å². The zero-order valence-electron chi connectivity index (χ0n) is 17.5. The molecule has 0 atom stereocenters. The van der Waals surface area contributed by atoms with Crippen molar-refractivity contribution < 1.29 is 9.32 Å². The summed E-state index contributed by atoms with van der Waals surface area (Å²) in [5.74, 6) is 1.80. The summed E-state index contributed by atoms with van der Waals surface area (Å²) >= 11 is 1.75. The maximum absolute atomic E-state index is 13.3. The van der Waals surface area contributed by atoms with Crippen LogP contribution in [0.25, 0.3) is 0 Å². The smallest absolute Gasteiger partial charge is 0.255 e. The lowest BCUT2D eigenvalue weighted by atomic mass is 10.0. The molecule has 1 fully saturated rings. The number of carbonyl (C=O) groups excluding carboxylic acids is 1. The predicted molar refractivity (Wildman–Crippen MR) is 112 cm³/mol. The molecule has 0 bridgehead atoms. The van der Waals surface area contributed by atoms with Crippen molar-refractivity contribution in [1.82, 2.24) is 15.0 Å². The molecular weight excluding hydrogens is 370 g/mol. The molecule has 1 aliphatic carbocycles. The van der Waals surface area contributed by atoms with E-state index in [1.165, 1.54) is 28.8 Å². The van der Waals surface area contributed by atoms with Crippen molar-refractivity contribution in [3.63, 3.8) is 0 Å². The van der Waals surface area contributed by atoms with Gasteiger partial charge in [0.05, 0.1) is 11.3 Å². The van der Waals surface area contributed by atoms with Crippen LogP contribution < -0.4 is 0 Å². The lowest BCUT2D eigenvalue weighted by Gasteiger charge is -2.28. The zero-order chi connectivity index (χ0) is 19.8. The number of amides is 1. The van der Waals surface area contributed by atoms with E-state index in [-0.39, 0.29) is 5.91 Å². The molecule has 28 heavy (non-hydrogen) atoms. The molecule has 6 heteroatoms. The van der Waals surface area contributed by atoms with Gasteiger partial charge in [-0.25, -0.2) is 0 Å². The van der Waals surface area contributed by atoms with E-state index in [1.807, 2.05) is 13.8 Å². The average Bonchev–Trinajstić information content (AvgIpc) is 3.34. The van der Waals surface area contributed by atoms with E-state index >= 15 is 0 Å². The van der Waals surface area contributed by atoms with Gasteiger partial charge >= 0.3 is 0 Å². The van der Waals surface area contributed by atoms with Gasteiger partial charge in [0.1, 0.15) is 5.76 Å². The van der Waals surface area contributed by atoms with Gasteiger partial charge in [-0.05, 0) is 51.0 Å². The van der Waals surface area contributed by atoms with Gasteiger partial charge in [-0.1, -0.05) is 19.0 Å². The van der Waals surface area contributed by atoms with Crippen molar-refractivity contribution in [1.29, 1.82) is 0 Å². The maximum Gasteiger partial charge on any atom is 0.255 e. The fourth-order valence-corrected chi connectivity index (χ4v) is 5.15. The largest absolute Gasteiger partial charge is 0.361 e. The fraction of sp³-hybridized carbons (Fsp3) is 0.636. The number of aromatic nitrogens is 1. The zero-order valence-corrected chi connectivity index (χ0v) is 18.3. The van der Waals surface area contributed by atoms with E-state index in [9.17, 15) is 4.79 Å². The summed E-state index contributed by atoms with van der Waals surface area (Å²) in [6.45, 7) is 12.1. The predicted octanol–water partition coefficient (Wildman–Crippen LogP) is 4.56. The Balaban J connectivity index is 1.46. The standard InChI is InChI=1S/C22H31N3O2S/c1-14(2)7-10-25(17-5-6-17)22(26)20-13-28-21-12-24(9-8-18(20)21)11-19-15(3)23-27-16(19)4/h13-14,17H,5-12H2,1-4H3. The van der Waals surface area contributed by atoms with Crippen LogP contribution in [0.1, 0.15) is 70.9 Å². The lowest BCUT2D eigenvalue weighted by Crippen LogP contribution is -2.36. The van der Waals surface area contributed by atoms with Gasteiger partial charge in [0.2, 0.25) is 0 Å². The van der Waals surface area contributed by atoms with Crippen molar-refractivity contribution in [3.8, 4) is 0 Å². The molecule has 0 N–H and O–H groups in total. The highest BCUT2D eigenvalue weighted by molar-refractivity contribution is 7.10. The minimum absolute atomic E-state index is 0.264. The number of hydrogen-bond donors (Lipinski definition) is 0. The van der Waals surface area contributed by atoms with E-state index in [1.54, 1.807) is 11.3 Å². The number of rotatable bonds is 7. The second-order valence-electron chi connectivity index (χ2n) is 8.73. The second-order valence-corrected chi connectivity index (χ2v) is 9.69. The van der Waals surface area contributed by atoms with Crippen LogP contribution in [0.5, 0.6) is 0 Å². The fourth-order valence-electron chi connectivity index (χ4n) is 4.04. The van der Waals surface area contributed by atoms with Gasteiger partial charge in [0.15, 0.2) is 0 Å². The van der Waals surface area contributed by atoms with Crippen LogP contribution >= 0.6 is 11.3 Å². The summed E-state index contributed by atoms with van der Waals surface area (Å²) in [6.07, 6.45) is 4.37. The van der Waals surface area contributed by atoms with E-state index in [2.05, 4.69) is 34.2 Å². The van der Waals surface area contributed by atoms with Gasteiger partial charge in [-0.3, -0.25) is 9.69 Å². The molecular formula is C22H31N3O2S. The molecule has 0 spiro atoms. The molecule has 2 aromatic heterocycles. The van der Waals surface area contributed by atoms with Crippen molar-refractivity contribution in [2.24, 2.45) is 5.92 Å². The second kappa shape index (κ2) is 7.99. The van der Waals surface area contributed by atoms with Crippen LogP contribution in [-0.2, 0) is 19.5 Å². The lowest BCUT2D eigenvalue weighted by molar-refractivity contribution is 0.0734. The van der Waals surface area contributed by atoms with Crippen LogP contribution in [0.2, 0.25) is 0 Å². The van der Waals surface area contributed by atoms with Crippen LogP contribution in [0.4, 0.5) is 0 Å². The van der Waals surface area contributed by atoms with E-state index in [0.717, 1.165) is 56.0 Å². The number of fused-ring (bicyclic) bond motifs is 1. The number of carbonyl (C=O) groups is 1. The summed E-state index contributed by atoms with van der Waals surface area (Å²) in [4.78, 5) is 19.2. The first-order chi connectivity index (χ1) is 13.4. The van der Waals surface area contributed by atoms with Crippen LogP contribution in [-0.4, -0.2) is 40.0 Å². The molecule has 1 saturated carbocycles.